The lowest BCUT2D eigenvalue weighted by Gasteiger charge is -2.28. The Morgan fingerprint density at radius 2 is 2.40 bits per heavy atom. The van der Waals surface area contributed by atoms with Crippen molar-refractivity contribution in [3.8, 4) is 0 Å². The van der Waals surface area contributed by atoms with Gasteiger partial charge in [0.25, 0.3) is 0 Å². The van der Waals surface area contributed by atoms with Gasteiger partial charge in [0.05, 0.1) is 12.1 Å². The van der Waals surface area contributed by atoms with E-state index in [-0.39, 0.29) is 5.54 Å². The molecule has 86 valence electrons. The van der Waals surface area contributed by atoms with Crippen LogP contribution in [-0.4, -0.2) is 25.2 Å². The number of ether oxygens (including phenoxy) is 1. The molecular formula is C11H20N2OS. The van der Waals surface area contributed by atoms with E-state index in [9.17, 15) is 0 Å². The first-order chi connectivity index (χ1) is 7.23. The smallest absolute Gasteiger partial charge is 0.112 e. The summed E-state index contributed by atoms with van der Waals surface area (Å²) in [7, 11) is 1.72. The molecule has 0 aliphatic carbocycles. The van der Waals surface area contributed by atoms with Crippen LogP contribution in [0.5, 0.6) is 0 Å². The zero-order valence-corrected chi connectivity index (χ0v) is 10.6. The van der Waals surface area contributed by atoms with Crippen LogP contribution in [0.2, 0.25) is 0 Å². The molecule has 1 atom stereocenters. The highest BCUT2D eigenvalue weighted by molar-refractivity contribution is 7.09. The summed E-state index contributed by atoms with van der Waals surface area (Å²) in [4.78, 5) is 4.40. The van der Waals surface area contributed by atoms with E-state index in [0.29, 0.717) is 0 Å². The average Bonchev–Trinajstić information content (AvgIpc) is 2.72. The highest BCUT2D eigenvalue weighted by Gasteiger charge is 2.27. The van der Waals surface area contributed by atoms with Crippen LogP contribution >= 0.6 is 11.3 Å². The topological polar surface area (TPSA) is 34.1 Å². The summed E-state index contributed by atoms with van der Waals surface area (Å²) < 4.78 is 5.05. The van der Waals surface area contributed by atoms with Gasteiger partial charge in [0.1, 0.15) is 5.01 Å². The molecule has 0 aliphatic heterocycles. The third-order valence-corrected chi connectivity index (χ3v) is 3.51. The van der Waals surface area contributed by atoms with E-state index < -0.39 is 0 Å². The van der Waals surface area contributed by atoms with E-state index in [1.807, 2.05) is 11.6 Å². The Balaban J connectivity index is 2.61. The van der Waals surface area contributed by atoms with Crippen LogP contribution < -0.4 is 5.32 Å². The number of hydrogen-bond donors (Lipinski definition) is 1. The molecule has 0 spiro atoms. The van der Waals surface area contributed by atoms with Crippen molar-refractivity contribution in [1.29, 1.82) is 0 Å². The molecular weight excluding hydrogens is 208 g/mol. The van der Waals surface area contributed by atoms with Crippen molar-refractivity contribution < 1.29 is 4.74 Å². The van der Waals surface area contributed by atoms with Gasteiger partial charge in [-0.05, 0) is 13.3 Å². The predicted octanol–water partition coefficient (Wildman–Crippen LogP) is 2.39. The molecule has 0 aromatic carbocycles. The molecule has 0 amide bonds. The summed E-state index contributed by atoms with van der Waals surface area (Å²) in [5, 5.41) is 6.72. The molecule has 0 bridgehead atoms. The molecule has 0 radical (unpaired) electrons. The zero-order valence-electron chi connectivity index (χ0n) is 9.75. The van der Waals surface area contributed by atoms with Gasteiger partial charge in [0, 0.05) is 25.2 Å². The highest BCUT2D eigenvalue weighted by Crippen LogP contribution is 2.27. The zero-order chi connectivity index (χ0) is 11.1. The van der Waals surface area contributed by atoms with Crippen molar-refractivity contribution in [2.75, 3.05) is 20.3 Å². The first kappa shape index (κ1) is 12.6. The fourth-order valence-electron chi connectivity index (χ4n) is 1.70. The minimum absolute atomic E-state index is 0.00144. The van der Waals surface area contributed by atoms with E-state index in [1.165, 1.54) is 5.01 Å². The van der Waals surface area contributed by atoms with Crippen molar-refractivity contribution in [1.82, 2.24) is 10.3 Å². The molecule has 15 heavy (non-hydrogen) atoms. The van der Waals surface area contributed by atoms with Crippen LogP contribution in [0.15, 0.2) is 11.6 Å². The van der Waals surface area contributed by atoms with Crippen molar-refractivity contribution in [3.05, 3.63) is 16.6 Å². The molecule has 0 aliphatic rings. The summed E-state index contributed by atoms with van der Waals surface area (Å²) in [6, 6.07) is 0. The molecule has 0 saturated heterocycles. The second-order valence-electron chi connectivity index (χ2n) is 3.84. The molecule has 1 rings (SSSR count). The van der Waals surface area contributed by atoms with Crippen LogP contribution in [0.4, 0.5) is 0 Å². The number of nitrogens with zero attached hydrogens (tertiary/aromatic N) is 1. The van der Waals surface area contributed by atoms with Gasteiger partial charge >= 0.3 is 0 Å². The van der Waals surface area contributed by atoms with Crippen LogP contribution in [0.3, 0.4) is 0 Å². The Labute approximate surface area is 95.9 Å². The number of nitrogens with one attached hydrogen (secondary N) is 1. The molecule has 1 aromatic rings. The normalized spacial score (nSPS) is 15.1. The second kappa shape index (κ2) is 6.20. The lowest BCUT2D eigenvalue weighted by atomic mass is 9.97. The lowest BCUT2D eigenvalue weighted by Crippen LogP contribution is -2.41. The first-order valence-electron chi connectivity index (χ1n) is 5.37. The van der Waals surface area contributed by atoms with Crippen LogP contribution in [0.1, 0.15) is 31.7 Å². The van der Waals surface area contributed by atoms with Gasteiger partial charge in [-0.25, -0.2) is 4.98 Å². The number of rotatable bonds is 7. The van der Waals surface area contributed by atoms with Crippen molar-refractivity contribution in [2.45, 2.75) is 32.2 Å². The summed E-state index contributed by atoms with van der Waals surface area (Å²) >= 11 is 1.71. The highest BCUT2D eigenvalue weighted by atomic mass is 32.1. The SMILES string of the molecule is CCCC(C)(NCCOC)c1nccs1. The summed E-state index contributed by atoms with van der Waals surface area (Å²) in [5.74, 6) is 0. The Hall–Kier alpha value is -0.450. The largest absolute Gasteiger partial charge is 0.383 e. The van der Waals surface area contributed by atoms with Gasteiger partial charge in [0.15, 0.2) is 0 Å². The first-order valence-corrected chi connectivity index (χ1v) is 6.25. The van der Waals surface area contributed by atoms with Gasteiger partial charge in [-0.3, -0.25) is 0 Å². The second-order valence-corrected chi connectivity index (χ2v) is 4.73. The summed E-state index contributed by atoms with van der Waals surface area (Å²) in [6.07, 6.45) is 4.12. The van der Waals surface area contributed by atoms with Crippen LogP contribution in [-0.2, 0) is 10.3 Å². The fraction of sp³-hybridized carbons (Fsp3) is 0.727. The molecule has 1 heterocycles. The average molecular weight is 228 g/mol. The monoisotopic (exact) mass is 228 g/mol. The molecule has 1 aromatic heterocycles. The van der Waals surface area contributed by atoms with Crippen LogP contribution in [0, 0.1) is 0 Å². The fourth-order valence-corrected chi connectivity index (χ4v) is 2.50. The summed E-state index contributed by atoms with van der Waals surface area (Å²) in [5.41, 5.74) is 0.00144. The van der Waals surface area contributed by atoms with E-state index in [4.69, 9.17) is 4.74 Å². The molecule has 0 saturated carbocycles. The molecule has 4 heteroatoms. The number of thiazole rings is 1. The third kappa shape index (κ3) is 3.55. The van der Waals surface area contributed by atoms with E-state index in [2.05, 4.69) is 24.1 Å². The van der Waals surface area contributed by atoms with E-state index in [0.717, 1.165) is 26.0 Å². The Morgan fingerprint density at radius 1 is 1.60 bits per heavy atom. The third-order valence-electron chi connectivity index (χ3n) is 2.48. The number of methoxy groups -OCH3 is 1. The van der Waals surface area contributed by atoms with Crippen LogP contribution in [0.25, 0.3) is 0 Å². The number of hydrogen-bond acceptors (Lipinski definition) is 4. The molecule has 3 nitrogen and oxygen atoms in total. The van der Waals surface area contributed by atoms with Gasteiger partial charge in [-0.15, -0.1) is 11.3 Å². The van der Waals surface area contributed by atoms with Gasteiger partial charge < -0.3 is 10.1 Å². The molecule has 1 unspecified atom stereocenters. The maximum Gasteiger partial charge on any atom is 0.112 e. The van der Waals surface area contributed by atoms with Crippen molar-refractivity contribution >= 4 is 11.3 Å². The van der Waals surface area contributed by atoms with E-state index >= 15 is 0 Å². The Morgan fingerprint density at radius 3 is 2.93 bits per heavy atom. The Kier molecular flexibility index (Phi) is 5.22. The summed E-state index contributed by atoms with van der Waals surface area (Å²) in [6.45, 7) is 6.02. The van der Waals surface area contributed by atoms with Crippen molar-refractivity contribution in [2.24, 2.45) is 0 Å². The maximum absolute atomic E-state index is 5.05. The lowest BCUT2D eigenvalue weighted by molar-refractivity contribution is 0.183. The maximum atomic E-state index is 5.05. The van der Waals surface area contributed by atoms with Gasteiger partial charge in [-0.1, -0.05) is 13.3 Å². The molecule has 1 N–H and O–H groups in total. The molecule has 0 fully saturated rings. The van der Waals surface area contributed by atoms with E-state index in [1.54, 1.807) is 18.4 Å². The Bertz CT molecular complexity index is 264. The van der Waals surface area contributed by atoms with Gasteiger partial charge in [0.2, 0.25) is 0 Å². The quantitative estimate of drug-likeness (QED) is 0.728. The predicted molar refractivity (Wildman–Crippen MR) is 64.3 cm³/mol. The van der Waals surface area contributed by atoms with Gasteiger partial charge in [-0.2, -0.15) is 0 Å². The standard InChI is InChI=1S/C11H20N2OS/c1-4-5-11(2,13-6-8-14-3)10-12-7-9-15-10/h7,9,13H,4-6,8H2,1-3H3. The number of aromatic nitrogens is 1. The van der Waals surface area contributed by atoms with Crippen molar-refractivity contribution in [3.63, 3.8) is 0 Å². The minimum atomic E-state index is 0.00144. The minimum Gasteiger partial charge on any atom is -0.383 e.